The molecule has 0 N–H and O–H groups in total. The van der Waals surface area contributed by atoms with Gasteiger partial charge in [0.15, 0.2) is 17.3 Å². The Labute approximate surface area is 194 Å². The monoisotopic (exact) mass is 466 g/mol. The average Bonchev–Trinajstić information content (AvgIpc) is 3.26. The van der Waals surface area contributed by atoms with Crippen molar-refractivity contribution in [1.82, 2.24) is 23.6 Å². The summed E-state index contributed by atoms with van der Waals surface area (Å²) in [4.78, 5) is 59.9. The van der Waals surface area contributed by atoms with Crippen LogP contribution in [0.15, 0.2) is 40.2 Å². The second-order valence-corrected chi connectivity index (χ2v) is 8.73. The lowest BCUT2D eigenvalue weighted by molar-refractivity contribution is -0.139. The summed E-state index contributed by atoms with van der Waals surface area (Å²) >= 11 is 0. The van der Waals surface area contributed by atoms with Gasteiger partial charge >= 0.3 is 5.69 Å². The average molecular weight is 466 g/mol. The minimum atomic E-state index is -0.851. The van der Waals surface area contributed by atoms with E-state index in [4.69, 9.17) is 4.74 Å². The van der Waals surface area contributed by atoms with E-state index in [1.807, 2.05) is 0 Å². The zero-order chi connectivity index (χ0) is 24.0. The maximum absolute atomic E-state index is 13.5. The van der Waals surface area contributed by atoms with Crippen molar-refractivity contribution in [2.75, 3.05) is 24.5 Å². The molecule has 0 bridgehead atoms. The van der Waals surface area contributed by atoms with Gasteiger partial charge < -0.3 is 19.1 Å². The van der Waals surface area contributed by atoms with Crippen LogP contribution in [0.2, 0.25) is 0 Å². The number of carbonyl (C=O) groups is 2. The Morgan fingerprint density at radius 2 is 1.82 bits per heavy atom. The third-order valence-corrected chi connectivity index (χ3v) is 6.51. The van der Waals surface area contributed by atoms with Crippen LogP contribution in [0.4, 0.5) is 5.69 Å². The standard InChI is InChI=1S/C23H26N6O5/c1-25-14-24-20-19(25)22(32)29(23(33)26(20)2)13-18(30)28-12-17(21(31)27-10-6-3-7-11-27)34-16-9-5-4-8-15(16)28/h4-5,8-9,14,17H,3,6-7,10-13H2,1-2H3/t17-/m1/s1. The molecule has 1 atom stereocenters. The first kappa shape index (κ1) is 21.9. The minimum absolute atomic E-state index is 0.00814. The van der Waals surface area contributed by atoms with E-state index in [-0.39, 0.29) is 23.6 Å². The van der Waals surface area contributed by atoms with Gasteiger partial charge in [0, 0.05) is 27.2 Å². The van der Waals surface area contributed by atoms with Gasteiger partial charge in [-0.25, -0.2) is 14.3 Å². The Balaban J connectivity index is 1.48. The number of fused-ring (bicyclic) bond motifs is 2. The number of carbonyl (C=O) groups excluding carboxylic acids is 2. The summed E-state index contributed by atoms with van der Waals surface area (Å²) in [7, 11) is 3.16. The lowest BCUT2D eigenvalue weighted by Gasteiger charge is -2.37. The van der Waals surface area contributed by atoms with Crippen LogP contribution in [0.3, 0.4) is 0 Å². The Bertz CT molecular complexity index is 1400. The molecule has 5 rings (SSSR count). The normalized spacial score (nSPS) is 18.0. The zero-order valence-electron chi connectivity index (χ0n) is 19.1. The van der Waals surface area contributed by atoms with Crippen molar-refractivity contribution >= 4 is 28.7 Å². The molecule has 11 heteroatoms. The summed E-state index contributed by atoms with van der Waals surface area (Å²) in [6.07, 6.45) is 3.58. The number of amides is 2. The van der Waals surface area contributed by atoms with E-state index < -0.39 is 29.8 Å². The van der Waals surface area contributed by atoms with Gasteiger partial charge in [0.05, 0.1) is 18.6 Å². The molecule has 0 aliphatic carbocycles. The number of piperidine rings is 1. The molecule has 0 saturated carbocycles. The molecule has 178 valence electrons. The molecule has 2 aliphatic rings. The van der Waals surface area contributed by atoms with Crippen molar-refractivity contribution in [3.8, 4) is 5.75 Å². The highest BCUT2D eigenvalue weighted by Gasteiger charge is 2.36. The Hall–Kier alpha value is -3.89. The number of rotatable bonds is 3. The Morgan fingerprint density at radius 1 is 1.09 bits per heavy atom. The number of imidazole rings is 1. The zero-order valence-corrected chi connectivity index (χ0v) is 19.1. The topological polar surface area (TPSA) is 112 Å². The lowest BCUT2D eigenvalue weighted by atomic mass is 10.1. The molecule has 1 fully saturated rings. The second kappa shape index (κ2) is 8.47. The number of anilines is 1. The van der Waals surface area contributed by atoms with Gasteiger partial charge in [0.1, 0.15) is 12.3 Å². The van der Waals surface area contributed by atoms with Gasteiger partial charge in [-0.3, -0.25) is 19.0 Å². The van der Waals surface area contributed by atoms with Gasteiger partial charge in [-0.1, -0.05) is 12.1 Å². The predicted molar refractivity (Wildman–Crippen MR) is 124 cm³/mol. The molecule has 1 saturated heterocycles. The number of hydrogen-bond acceptors (Lipinski definition) is 6. The lowest BCUT2D eigenvalue weighted by Crippen LogP contribution is -2.54. The summed E-state index contributed by atoms with van der Waals surface area (Å²) in [5.41, 5.74) is -0.233. The van der Waals surface area contributed by atoms with Crippen LogP contribution in [0.25, 0.3) is 11.2 Å². The summed E-state index contributed by atoms with van der Waals surface area (Å²) in [6.45, 7) is 0.884. The molecular weight excluding hydrogens is 440 g/mol. The number of hydrogen-bond donors (Lipinski definition) is 0. The van der Waals surface area contributed by atoms with Crippen LogP contribution >= 0.6 is 0 Å². The summed E-state index contributed by atoms with van der Waals surface area (Å²) < 4.78 is 9.66. The fraction of sp³-hybridized carbons (Fsp3) is 0.435. The van der Waals surface area contributed by atoms with Crippen molar-refractivity contribution in [3.63, 3.8) is 0 Å². The van der Waals surface area contributed by atoms with E-state index in [1.54, 1.807) is 36.2 Å². The molecule has 11 nitrogen and oxygen atoms in total. The molecule has 4 heterocycles. The van der Waals surface area contributed by atoms with E-state index in [0.29, 0.717) is 24.5 Å². The van der Waals surface area contributed by atoms with Crippen LogP contribution in [-0.2, 0) is 30.2 Å². The predicted octanol–water partition coefficient (Wildman–Crippen LogP) is 0.240. The van der Waals surface area contributed by atoms with Crippen molar-refractivity contribution in [2.45, 2.75) is 31.9 Å². The number of benzene rings is 1. The first-order valence-corrected chi connectivity index (χ1v) is 11.3. The fourth-order valence-electron chi connectivity index (χ4n) is 4.67. The van der Waals surface area contributed by atoms with Gasteiger partial charge in [-0.05, 0) is 31.4 Å². The van der Waals surface area contributed by atoms with Crippen molar-refractivity contribution in [2.24, 2.45) is 14.1 Å². The SMILES string of the molecule is Cn1cnc2c1c(=O)n(CC(=O)N1C[C@H](C(=O)N3CCCCC3)Oc3ccccc31)c(=O)n2C. The summed E-state index contributed by atoms with van der Waals surface area (Å²) in [5.74, 6) is -0.218. The van der Waals surface area contributed by atoms with E-state index in [2.05, 4.69) is 4.98 Å². The Morgan fingerprint density at radius 3 is 2.59 bits per heavy atom. The molecule has 0 radical (unpaired) electrons. The maximum atomic E-state index is 13.5. The third-order valence-electron chi connectivity index (χ3n) is 6.51. The molecule has 34 heavy (non-hydrogen) atoms. The van der Waals surface area contributed by atoms with E-state index >= 15 is 0 Å². The molecular formula is C23H26N6O5. The number of aromatic nitrogens is 4. The second-order valence-electron chi connectivity index (χ2n) is 8.73. The molecule has 2 aromatic heterocycles. The summed E-state index contributed by atoms with van der Waals surface area (Å²) in [6, 6.07) is 6.96. The van der Waals surface area contributed by atoms with Crippen LogP contribution in [0, 0.1) is 0 Å². The third kappa shape index (κ3) is 3.57. The molecule has 2 amide bonds. The van der Waals surface area contributed by atoms with E-state index in [9.17, 15) is 19.2 Å². The van der Waals surface area contributed by atoms with Gasteiger partial charge in [0.25, 0.3) is 11.5 Å². The van der Waals surface area contributed by atoms with Crippen molar-refractivity contribution in [1.29, 1.82) is 0 Å². The van der Waals surface area contributed by atoms with Crippen LogP contribution < -0.4 is 20.9 Å². The van der Waals surface area contributed by atoms with Crippen LogP contribution in [0.5, 0.6) is 5.75 Å². The molecule has 1 aromatic carbocycles. The number of likely N-dealkylation sites (tertiary alicyclic amines) is 1. The number of ether oxygens (including phenoxy) is 1. The van der Waals surface area contributed by atoms with Crippen LogP contribution in [-0.4, -0.2) is 61.1 Å². The number of para-hydroxylation sites is 2. The van der Waals surface area contributed by atoms with Gasteiger partial charge in [-0.15, -0.1) is 0 Å². The van der Waals surface area contributed by atoms with Crippen molar-refractivity contribution in [3.05, 3.63) is 51.4 Å². The summed E-state index contributed by atoms with van der Waals surface area (Å²) in [5, 5.41) is 0. The largest absolute Gasteiger partial charge is 0.476 e. The smallest absolute Gasteiger partial charge is 0.332 e. The van der Waals surface area contributed by atoms with Crippen molar-refractivity contribution < 1.29 is 14.3 Å². The van der Waals surface area contributed by atoms with E-state index in [0.717, 1.165) is 23.8 Å². The quantitative estimate of drug-likeness (QED) is 0.547. The van der Waals surface area contributed by atoms with Gasteiger partial charge in [-0.2, -0.15) is 0 Å². The Kier molecular flexibility index (Phi) is 5.46. The first-order chi connectivity index (χ1) is 16.4. The first-order valence-electron chi connectivity index (χ1n) is 11.3. The molecule has 0 spiro atoms. The minimum Gasteiger partial charge on any atom is -0.476 e. The fourth-order valence-corrected chi connectivity index (χ4v) is 4.67. The highest BCUT2D eigenvalue weighted by molar-refractivity contribution is 5.97. The van der Waals surface area contributed by atoms with Crippen LogP contribution in [0.1, 0.15) is 19.3 Å². The molecule has 0 unspecified atom stereocenters. The van der Waals surface area contributed by atoms with Gasteiger partial charge in [0.2, 0.25) is 5.91 Å². The molecule has 3 aromatic rings. The number of nitrogens with zero attached hydrogens (tertiary/aromatic N) is 6. The van der Waals surface area contributed by atoms with E-state index in [1.165, 1.54) is 27.4 Å². The highest BCUT2D eigenvalue weighted by Crippen LogP contribution is 2.34. The molecule has 2 aliphatic heterocycles. The highest BCUT2D eigenvalue weighted by atomic mass is 16.5. The maximum Gasteiger partial charge on any atom is 0.332 e. The number of aryl methyl sites for hydroxylation is 2.